The summed E-state index contributed by atoms with van der Waals surface area (Å²) in [6.07, 6.45) is 2.14. The van der Waals surface area contributed by atoms with Crippen molar-refractivity contribution in [1.29, 1.82) is 0 Å². The number of nitrogens with one attached hydrogen (secondary N) is 1. The van der Waals surface area contributed by atoms with Crippen LogP contribution < -0.4 is 5.32 Å². The predicted molar refractivity (Wildman–Crippen MR) is 88.5 cm³/mol. The Bertz CT molecular complexity index is 705. The van der Waals surface area contributed by atoms with E-state index in [1.165, 1.54) is 11.8 Å². The summed E-state index contributed by atoms with van der Waals surface area (Å²) in [5.41, 5.74) is 0.551. The van der Waals surface area contributed by atoms with Gasteiger partial charge in [0.2, 0.25) is 11.8 Å². The van der Waals surface area contributed by atoms with Gasteiger partial charge in [0.05, 0.1) is 5.25 Å². The largest absolute Gasteiger partial charge is 0.416 e. The smallest absolute Gasteiger partial charge is 0.288 e. The van der Waals surface area contributed by atoms with Crippen molar-refractivity contribution in [2.45, 2.75) is 46.8 Å². The van der Waals surface area contributed by atoms with E-state index in [0.717, 1.165) is 12.8 Å². The lowest BCUT2D eigenvalue weighted by Gasteiger charge is -2.10. The zero-order chi connectivity index (χ0) is 17.1. The van der Waals surface area contributed by atoms with Crippen LogP contribution in [0.3, 0.4) is 0 Å². The third kappa shape index (κ3) is 4.70. The zero-order valence-corrected chi connectivity index (χ0v) is 14.4. The molecule has 0 spiro atoms. The first-order chi connectivity index (χ1) is 11.5. The molecule has 5 nitrogen and oxygen atoms in total. The second-order valence-electron chi connectivity index (χ2n) is 5.33. The molecule has 0 bridgehead atoms. The van der Waals surface area contributed by atoms with Gasteiger partial charge in [-0.15, -0.1) is 10.2 Å². The molecule has 1 saturated carbocycles. The summed E-state index contributed by atoms with van der Waals surface area (Å²) < 4.78 is 30.1. The molecule has 24 heavy (non-hydrogen) atoms. The van der Waals surface area contributed by atoms with Crippen LogP contribution in [-0.4, -0.2) is 27.1 Å². The van der Waals surface area contributed by atoms with Crippen LogP contribution in [0, 0.1) is 0 Å². The summed E-state index contributed by atoms with van der Waals surface area (Å²) in [6.45, 7) is 1.74. The Kier molecular flexibility index (Phi) is 5.40. The zero-order valence-electron chi connectivity index (χ0n) is 12.7. The van der Waals surface area contributed by atoms with Gasteiger partial charge in [0, 0.05) is 16.5 Å². The molecule has 1 atom stereocenters. The van der Waals surface area contributed by atoms with Crippen molar-refractivity contribution in [3.05, 3.63) is 30.2 Å². The molecule has 128 valence electrons. The number of hydrogen-bond acceptors (Lipinski definition) is 6. The molecule has 1 heterocycles. The van der Waals surface area contributed by atoms with Gasteiger partial charge >= 0.3 is 0 Å². The molecule has 3 rings (SSSR count). The van der Waals surface area contributed by atoms with Gasteiger partial charge in [-0.3, -0.25) is 4.79 Å². The first kappa shape index (κ1) is 17.2. The number of hydrogen-bond donors (Lipinski definition) is 1. The van der Waals surface area contributed by atoms with Gasteiger partial charge in [0.15, 0.2) is 0 Å². The number of carbonyl (C=O) groups is 1. The second-order valence-corrected chi connectivity index (χ2v) is 7.69. The van der Waals surface area contributed by atoms with Gasteiger partial charge in [0.25, 0.3) is 11.0 Å². The summed E-state index contributed by atoms with van der Waals surface area (Å²) in [4.78, 5) is 12.6. The second kappa shape index (κ2) is 7.52. The Labute approximate surface area is 146 Å². The fourth-order valence-corrected chi connectivity index (χ4v) is 3.12. The predicted octanol–water partition coefficient (Wildman–Crippen LogP) is 4.38. The Balaban J connectivity index is 1.53. The van der Waals surface area contributed by atoms with E-state index in [4.69, 9.17) is 4.42 Å². The van der Waals surface area contributed by atoms with E-state index in [-0.39, 0.29) is 5.91 Å². The van der Waals surface area contributed by atoms with E-state index in [0.29, 0.717) is 39.4 Å². The lowest BCUT2D eigenvalue weighted by molar-refractivity contribution is -0.115. The Hall–Kier alpha value is -1.61. The molecule has 0 saturated heterocycles. The average Bonchev–Trinajstić information content (AvgIpc) is 3.29. The van der Waals surface area contributed by atoms with E-state index in [1.54, 1.807) is 31.2 Å². The first-order valence-electron chi connectivity index (χ1n) is 7.37. The number of aromatic nitrogens is 2. The third-order valence-corrected chi connectivity index (χ3v) is 5.00. The van der Waals surface area contributed by atoms with Crippen molar-refractivity contribution < 1.29 is 18.0 Å². The molecule has 2 aromatic rings. The molecule has 1 amide bonds. The van der Waals surface area contributed by atoms with Crippen LogP contribution in [0.25, 0.3) is 0 Å². The fourth-order valence-electron chi connectivity index (χ4n) is 1.93. The number of benzene rings is 1. The van der Waals surface area contributed by atoms with E-state index >= 15 is 0 Å². The normalized spacial score (nSPS) is 15.5. The van der Waals surface area contributed by atoms with Crippen molar-refractivity contribution in [1.82, 2.24) is 10.2 Å². The van der Waals surface area contributed by atoms with Crippen molar-refractivity contribution >= 4 is 35.1 Å². The quantitative estimate of drug-likeness (QED) is 0.729. The summed E-state index contributed by atoms with van der Waals surface area (Å²) in [6, 6.07) is 6.28. The van der Waals surface area contributed by atoms with Crippen LogP contribution in [0.4, 0.5) is 14.5 Å². The van der Waals surface area contributed by atoms with E-state index in [9.17, 15) is 13.6 Å². The SMILES string of the molecule is C[C@H](Sc1nnc(C2CC2)o1)C(=O)Nc1ccc(SC(F)F)cc1. The number of anilines is 1. The van der Waals surface area contributed by atoms with E-state index in [2.05, 4.69) is 15.5 Å². The molecule has 9 heteroatoms. The summed E-state index contributed by atoms with van der Waals surface area (Å²) >= 11 is 1.66. The number of carbonyl (C=O) groups excluding carboxylic acids is 1. The lowest BCUT2D eigenvalue weighted by atomic mass is 10.3. The third-order valence-electron chi connectivity index (χ3n) is 3.34. The van der Waals surface area contributed by atoms with E-state index in [1.807, 2.05) is 0 Å². The number of halogens is 2. The van der Waals surface area contributed by atoms with Crippen LogP contribution in [0.5, 0.6) is 0 Å². The highest BCUT2D eigenvalue weighted by molar-refractivity contribution is 8.00. The molecular weight excluding hydrogens is 356 g/mol. The molecule has 1 fully saturated rings. The molecule has 0 unspecified atom stereocenters. The Morgan fingerprint density at radius 2 is 1.96 bits per heavy atom. The van der Waals surface area contributed by atoms with Crippen molar-refractivity contribution in [3.8, 4) is 0 Å². The Morgan fingerprint density at radius 3 is 2.58 bits per heavy atom. The van der Waals surface area contributed by atoms with E-state index < -0.39 is 11.0 Å². The minimum absolute atomic E-state index is 0.222. The topological polar surface area (TPSA) is 68.0 Å². The van der Waals surface area contributed by atoms with Gasteiger partial charge in [0.1, 0.15) is 0 Å². The number of alkyl halides is 2. The van der Waals surface area contributed by atoms with Gasteiger partial charge < -0.3 is 9.73 Å². The van der Waals surface area contributed by atoms with Crippen LogP contribution >= 0.6 is 23.5 Å². The van der Waals surface area contributed by atoms with Crippen molar-refractivity contribution in [3.63, 3.8) is 0 Å². The van der Waals surface area contributed by atoms with Crippen molar-refractivity contribution in [2.24, 2.45) is 0 Å². The van der Waals surface area contributed by atoms with Gasteiger partial charge in [-0.25, -0.2) is 0 Å². The highest BCUT2D eigenvalue weighted by atomic mass is 32.2. The average molecular weight is 371 g/mol. The van der Waals surface area contributed by atoms with Crippen LogP contribution in [-0.2, 0) is 4.79 Å². The number of amides is 1. The van der Waals surface area contributed by atoms with Gasteiger partial charge in [-0.1, -0.05) is 23.5 Å². The van der Waals surface area contributed by atoms with Crippen molar-refractivity contribution in [2.75, 3.05) is 5.32 Å². The standard InChI is InChI=1S/C15H15F2N3O2S2/c1-8(23-15-20-19-13(22-15)9-2-3-9)12(21)18-10-4-6-11(7-5-10)24-14(16)17/h4-9,14H,2-3H2,1H3,(H,18,21)/t8-/m0/s1. The highest BCUT2D eigenvalue weighted by Gasteiger charge is 2.30. The Morgan fingerprint density at radius 1 is 1.25 bits per heavy atom. The first-order valence-corrected chi connectivity index (χ1v) is 9.13. The molecule has 1 N–H and O–H groups in total. The van der Waals surface area contributed by atoms with Gasteiger partial charge in [-0.2, -0.15) is 8.78 Å². The van der Waals surface area contributed by atoms with Crippen LogP contribution in [0.1, 0.15) is 31.6 Å². The minimum atomic E-state index is -2.46. The molecule has 1 aromatic carbocycles. The number of rotatable bonds is 7. The molecule has 1 aliphatic rings. The maximum atomic E-state index is 12.3. The maximum absolute atomic E-state index is 12.3. The summed E-state index contributed by atoms with van der Waals surface area (Å²) in [5.74, 6) is -1.67. The monoisotopic (exact) mass is 371 g/mol. The molecular formula is C15H15F2N3O2S2. The summed E-state index contributed by atoms with van der Waals surface area (Å²) in [7, 11) is 0. The van der Waals surface area contributed by atoms with Crippen LogP contribution in [0.15, 0.2) is 38.8 Å². The number of nitrogens with zero attached hydrogens (tertiary/aromatic N) is 2. The molecule has 0 aliphatic heterocycles. The maximum Gasteiger partial charge on any atom is 0.288 e. The summed E-state index contributed by atoms with van der Waals surface area (Å²) in [5, 5.41) is 10.6. The molecule has 0 radical (unpaired) electrons. The molecule has 1 aliphatic carbocycles. The molecule has 1 aromatic heterocycles. The number of thioether (sulfide) groups is 2. The van der Waals surface area contributed by atoms with Gasteiger partial charge in [-0.05, 0) is 44.0 Å². The lowest BCUT2D eigenvalue weighted by Crippen LogP contribution is -2.22. The fraction of sp³-hybridized carbons (Fsp3) is 0.400. The minimum Gasteiger partial charge on any atom is -0.416 e. The van der Waals surface area contributed by atoms with Crippen LogP contribution in [0.2, 0.25) is 0 Å². The highest BCUT2D eigenvalue weighted by Crippen LogP contribution is 2.40.